The van der Waals surface area contributed by atoms with Crippen molar-refractivity contribution in [3.8, 4) is 0 Å². The van der Waals surface area contributed by atoms with Gasteiger partial charge in [0.25, 0.3) is 0 Å². The lowest BCUT2D eigenvalue weighted by molar-refractivity contribution is 0.343. The first-order valence-corrected chi connectivity index (χ1v) is 5.40. The Balaban J connectivity index is 2.90. The Labute approximate surface area is 90.9 Å². The maximum absolute atomic E-state index is 12.7. The summed E-state index contributed by atoms with van der Waals surface area (Å²) < 4.78 is 18.1. The molecule has 1 atom stereocenters. The lowest BCUT2D eigenvalue weighted by atomic mass is 9.92. The average Bonchev–Trinajstić information content (AvgIpc) is 2.65. The van der Waals surface area contributed by atoms with E-state index in [1.165, 1.54) is 0 Å². The van der Waals surface area contributed by atoms with Crippen LogP contribution in [0.3, 0.4) is 0 Å². The molecule has 0 saturated heterocycles. The van der Waals surface area contributed by atoms with E-state index in [1.807, 2.05) is 13.8 Å². The Morgan fingerprint density at radius 3 is 2.47 bits per heavy atom. The number of alkyl halides is 1. The van der Waals surface area contributed by atoms with E-state index in [1.54, 1.807) is 6.26 Å². The zero-order valence-corrected chi connectivity index (χ0v) is 10.2. The van der Waals surface area contributed by atoms with E-state index in [0.717, 1.165) is 0 Å². The minimum absolute atomic E-state index is 0.272. The van der Waals surface area contributed by atoms with Gasteiger partial charge in [-0.2, -0.15) is 0 Å². The van der Waals surface area contributed by atoms with Gasteiger partial charge in [-0.1, -0.05) is 34.6 Å². The molecule has 0 N–H and O–H groups in total. The van der Waals surface area contributed by atoms with E-state index in [0.29, 0.717) is 17.5 Å². The fourth-order valence-electron chi connectivity index (χ4n) is 1.16. The normalized spacial score (nSPS) is 14.6. The third-order valence-corrected chi connectivity index (χ3v) is 2.94. The Kier molecular flexibility index (Phi) is 3.53. The fraction of sp³-hybridized carbons (Fsp3) is 0.750. The highest BCUT2D eigenvalue weighted by molar-refractivity contribution is 5.11. The summed E-state index contributed by atoms with van der Waals surface area (Å²) in [5.74, 6) is 1.46. The molecule has 1 heterocycles. The van der Waals surface area contributed by atoms with Crippen LogP contribution in [0.15, 0.2) is 10.7 Å². The highest BCUT2D eigenvalue weighted by Gasteiger charge is 2.26. The van der Waals surface area contributed by atoms with Crippen LogP contribution in [-0.4, -0.2) is 11.7 Å². The van der Waals surface area contributed by atoms with Crippen molar-refractivity contribution in [3.05, 3.63) is 17.8 Å². The second kappa shape index (κ2) is 4.33. The maximum atomic E-state index is 12.7. The summed E-state index contributed by atoms with van der Waals surface area (Å²) >= 11 is 0. The first kappa shape index (κ1) is 12.2. The predicted molar refractivity (Wildman–Crippen MR) is 58.8 cm³/mol. The van der Waals surface area contributed by atoms with Crippen molar-refractivity contribution in [2.75, 3.05) is 6.67 Å². The summed E-state index contributed by atoms with van der Waals surface area (Å²) in [7, 11) is 0. The topological polar surface area (TPSA) is 26.0 Å². The number of hydrogen-bond acceptors (Lipinski definition) is 2. The van der Waals surface area contributed by atoms with Crippen LogP contribution < -0.4 is 0 Å². The summed E-state index contributed by atoms with van der Waals surface area (Å²) in [4.78, 5) is 4.37. The van der Waals surface area contributed by atoms with Gasteiger partial charge in [-0.15, -0.1) is 0 Å². The van der Waals surface area contributed by atoms with Crippen molar-refractivity contribution in [1.82, 2.24) is 4.98 Å². The Bertz CT molecular complexity index is 317. The highest BCUT2D eigenvalue weighted by atomic mass is 19.1. The summed E-state index contributed by atoms with van der Waals surface area (Å²) in [5.41, 5.74) is 0.158. The van der Waals surface area contributed by atoms with E-state index in [4.69, 9.17) is 4.42 Å². The van der Waals surface area contributed by atoms with Crippen molar-refractivity contribution in [2.24, 2.45) is 5.92 Å². The van der Waals surface area contributed by atoms with Crippen LogP contribution in [0.1, 0.15) is 52.1 Å². The van der Waals surface area contributed by atoms with Crippen molar-refractivity contribution in [1.29, 1.82) is 0 Å². The maximum Gasteiger partial charge on any atom is 0.197 e. The molecule has 1 aromatic rings. The molecule has 0 aromatic carbocycles. The molecule has 0 aliphatic heterocycles. The second-order valence-corrected chi connectivity index (χ2v) is 5.12. The van der Waals surface area contributed by atoms with E-state index < -0.39 is 12.1 Å². The molecule has 86 valence electrons. The van der Waals surface area contributed by atoms with Gasteiger partial charge in [0.05, 0.1) is 5.69 Å². The molecular weight excluding hydrogens is 193 g/mol. The van der Waals surface area contributed by atoms with Gasteiger partial charge in [-0.25, -0.2) is 4.98 Å². The third kappa shape index (κ3) is 2.58. The molecule has 0 bridgehead atoms. The minimum Gasteiger partial charge on any atom is -0.448 e. The predicted octanol–water partition coefficient (Wildman–Crippen LogP) is 3.68. The molecule has 0 spiro atoms. The zero-order valence-electron chi connectivity index (χ0n) is 10.2. The average molecular weight is 213 g/mol. The van der Waals surface area contributed by atoms with Gasteiger partial charge in [0.1, 0.15) is 12.9 Å². The highest BCUT2D eigenvalue weighted by Crippen LogP contribution is 2.28. The SMILES string of the molecule is CC(C)C(C)c1nc(C(C)(C)CF)co1. The van der Waals surface area contributed by atoms with Crippen LogP contribution >= 0.6 is 0 Å². The molecule has 1 aromatic heterocycles. The summed E-state index contributed by atoms with van der Waals surface area (Å²) in [6.45, 7) is 9.55. The van der Waals surface area contributed by atoms with Gasteiger partial charge in [0.15, 0.2) is 5.89 Å². The fourth-order valence-corrected chi connectivity index (χ4v) is 1.16. The Hall–Kier alpha value is -0.860. The first-order valence-electron chi connectivity index (χ1n) is 5.40. The lowest BCUT2D eigenvalue weighted by Gasteiger charge is -2.16. The number of hydrogen-bond donors (Lipinski definition) is 0. The van der Waals surface area contributed by atoms with Crippen LogP contribution in [0.25, 0.3) is 0 Å². The van der Waals surface area contributed by atoms with Crippen molar-refractivity contribution >= 4 is 0 Å². The molecular formula is C12H20FNO. The first-order chi connectivity index (χ1) is 6.88. The number of nitrogens with zero attached hydrogens (tertiary/aromatic N) is 1. The van der Waals surface area contributed by atoms with Gasteiger partial charge in [-0.05, 0) is 5.92 Å². The molecule has 15 heavy (non-hydrogen) atoms. The quantitative estimate of drug-likeness (QED) is 0.762. The van der Waals surface area contributed by atoms with Crippen LogP contribution in [0.5, 0.6) is 0 Å². The smallest absolute Gasteiger partial charge is 0.197 e. The molecule has 0 radical (unpaired) electrons. The van der Waals surface area contributed by atoms with Gasteiger partial charge < -0.3 is 4.42 Å². The van der Waals surface area contributed by atoms with Crippen LogP contribution in [0.4, 0.5) is 4.39 Å². The number of oxazole rings is 1. The molecule has 0 saturated carbocycles. The summed E-state index contributed by atoms with van der Waals surface area (Å²) in [6.07, 6.45) is 1.58. The van der Waals surface area contributed by atoms with E-state index in [9.17, 15) is 4.39 Å². The van der Waals surface area contributed by atoms with E-state index in [2.05, 4.69) is 25.8 Å². The molecule has 0 amide bonds. The largest absolute Gasteiger partial charge is 0.448 e. The van der Waals surface area contributed by atoms with Gasteiger partial charge in [0, 0.05) is 11.3 Å². The molecule has 0 fully saturated rings. The van der Waals surface area contributed by atoms with Crippen molar-refractivity contribution in [3.63, 3.8) is 0 Å². The van der Waals surface area contributed by atoms with Crippen LogP contribution in [0.2, 0.25) is 0 Å². The number of aromatic nitrogens is 1. The summed E-state index contributed by atoms with van der Waals surface area (Å²) in [6, 6.07) is 0. The van der Waals surface area contributed by atoms with E-state index >= 15 is 0 Å². The summed E-state index contributed by atoms with van der Waals surface area (Å²) in [5, 5.41) is 0. The van der Waals surface area contributed by atoms with Crippen molar-refractivity contribution in [2.45, 2.75) is 46.0 Å². The number of halogens is 1. The molecule has 1 rings (SSSR count). The monoisotopic (exact) mass is 213 g/mol. The minimum atomic E-state index is -0.543. The third-order valence-electron chi connectivity index (χ3n) is 2.94. The van der Waals surface area contributed by atoms with E-state index in [-0.39, 0.29) is 5.92 Å². The molecule has 0 aliphatic carbocycles. The molecule has 3 heteroatoms. The zero-order chi connectivity index (χ0) is 11.6. The van der Waals surface area contributed by atoms with Crippen molar-refractivity contribution < 1.29 is 8.81 Å². The van der Waals surface area contributed by atoms with Crippen LogP contribution in [-0.2, 0) is 5.41 Å². The van der Waals surface area contributed by atoms with Gasteiger partial charge in [0.2, 0.25) is 0 Å². The molecule has 2 nitrogen and oxygen atoms in total. The Morgan fingerprint density at radius 2 is 2.00 bits per heavy atom. The van der Waals surface area contributed by atoms with Gasteiger partial charge >= 0.3 is 0 Å². The second-order valence-electron chi connectivity index (χ2n) is 5.12. The Morgan fingerprint density at radius 1 is 1.40 bits per heavy atom. The lowest BCUT2D eigenvalue weighted by Crippen LogP contribution is -2.20. The van der Waals surface area contributed by atoms with Crippen LogP contribution in [0, 0.1) is 5.92 Å². The standard InChI is InChI=1S/C12H20FNO/c1-8(2)9(3)11-14-10(6-15-11)12(4,5)7-13/h6,8-9H,7H2,1-5H3. The molecule has 1 unspecified atom stereocenters. The number of rotatable bonds is 4. The van der Waals surface area contributed by atoms with Gasteiger partial charge in [-0.3, -0.25) is 4.39 Å². The molecule has 0 aliphatic rings.